The van der Waals surface area contributed by atoms with Crippen molar-refractivity contribution in [3.05, 3.63) is 29.8 Å². The zero-order valence-corrected chi connectivity index (χ0v) is 13.7. The Morgan fingerprint density at radius 2 is 2.00 bits per heavy atom. The fraction of sp³-hybridized carbons (Fsp3) is 0.312. The number of carbonyl (C=O) groups is 3. The Labute approximate surface area is 139 Å². The minimum atomic E-state index is -1.17. The third-order valence-electron chi connectivity index (χ3n) is 2.82. The lowest BCUT2D eigenvalue weighted by molar-refractivity contribution is -0.156. The van der Waals surface area contributed by atoms with Crippen LogP contribution in [0.2, 0.25) is 0 Å². The van der Waals surface area contributed by atoms with Gasteiger partial charge in [0.05, 0.1) is 7.11 Å². The van der Waals surface area contributed by atoms with Crippen LogP contribution in [0.5, 0.6) is 11.5 Å². The SMILES string of the molecule is C/C=C/c1ccc(OCC(=O)O[C@@H](C)C(=O)NC(N)=O)c(OC)c1. The van der Waals surface area contributed by atoms with Crippen LogP contribution in [0.15, 0.2) is 24.3 Å². The van der Waals surface area contributed by atoms with E-state index in [9.17, 15) is 14.4 Å². The topological polar surface area (TPSA) is 117 Å². The third kappa shape index (κ3) is 5.99. The highest BCUT2D eigenvalue weighted by Gasteiger charge is 2.19. The third-order valence-corrected chi connectivity index (χ3v) is 2.82. The number of esters is 1. The molecule has 0 aromatic heterocycles. The lowest BCUT2D eigenvalue weighted by atomic mass is 10.2. The van der Waals surface area contributed by atoms with Gasteiger partial charge in [0, 0.05) is 0 Å². The zero-order valence-electron chi connectivity index (χ0n) is 13.7. The molecule has 1 rings (SSSR count). The number of ether oxygens (including phenoxy) is 3. The largest absolute Gasteiger partial charge is 0.493 e. The van der Waals surface area contributed by atoms with E-state index < -0.39 is 30.6 Å². The monoisotopic (exact) mass is 336 g/mol. The summed E-state index contributed by atoms with van der Waals surface area (Å²) < 4.78 is 15.4. The summed E-state index contributed by atoms with van der Waals surface area (Å²) in [5.41, 5.74) is 5.73. The smallest absolute Gasteiger partial charge is 0.344 e. The van der Waals surface area contributed by atoms with Crippen molar-refractivity contribution < 1.29 is 28.6 Å². The van der Waals surface area contributed by atoms with Crippen molar-refractivity contribution in [3.8, 4) is 11.5 Å². The molecule has 0 unspecified atom stereocenters. The van der Waals surface area contributed by atoms with E-state index >= 15 is 0 Å². The number of carbonyl (C=O) groups excluding carboxylic acids is 3. The second kappa shape index (κ2) is 9.19. The van der Waals surface area contributed by atoms with Crippen molar-refractivity contribution in [1.29, 1.82) is 0 Å². The van der Waals surface area contributed by atoms with Crippen molar-refractivity contribution in [2.24, 2.45) is 5.73 Å². The van der Waals surface area contributed by atoms with E-state index in [-0.39, 0.29) is 0 Å². The number of imide groups is 1. The van der Waals surface area contributed by atoms with Gasteiger partial charge in [0.15, 0.2) is 24.2 Å². The Hall–Kier alpha value is -3.03. The summed E-state index contributed by atoms with van der Waals surface area (Å²) in [7, 11) is 1.48. The van der Waals surface area contributed by atoms with E-state index in [1.807, 2.05) is 24.4 Å². The quantitative estimate of drug-likeness (QED) is 0.723. The van der Waals surface area contributed by atoms with Crippen molar-refractivity contribution in [3.63, 3.8) is 0 Å². The normalized spacial score (nSPS) is 11.6. The average molecular weight is 336 g/mol. The number of urea groups is 1. The average Bonchev–Trinajstić information content (AvgIpc) is 2.53. The molecule has 0 saturated heterocycles. The van der Waals surface area contributed by atoms with Gasteiger partial charge in [0.1, 0.15) is 0 Å². The maximum absolute atomic E-state index is 11.7. The number of methoxy groups -OCH3 is 1. The Bertz CT molecular complexity index is 641. The molecule has 0 spiro atoms. The molecule has 3 amide bonds. The first kappa shape index (κ1) is 19.0. The second-order valence-corrected chi connectivity index (χ2v) is 4.68. The Kier molecular flexibility index (Phi) is 7.28. The van der Waals surface area contributed by atoms with E-state index in [1.165, 1.54) is 14.0 Å². The predicted molar refractivity (Wildman–Crippen MR) is 86.5 cm³/mol. The summed E-state index contributed by atoms with van der Waals surface area (Å²) in [6.07, 6.45) is 2.60. The Morgan fingerprint density at radius 3 is 2.58 bits per heavy atom. The number of nitrogens with two attached hydrogens (primary N) is 1. The van der Waals surface area contributed by atoms with Crippen molar-refractivity contribution in [2.75, 3.05) is 13.7 Å². The Morgan fingerprint density at radius 1 is 1.29 bits per heavy atom. The van der Waals surface area contributed by atoms with Gasteiger partial charge in [0.2, 0.25) is 0 Å². The molecule has 0 aliphatic heterocycles. The number of hydrogen-bond acceptors (Lipinski definition) is 6. The van der Waals surface area contributed by atoms with Crippen LogP contribution >= 0.6 is 0 Å². The molecule has 0 fully saturated rings. The molecule has 3 N–H and O–H groups in total. The molecule has 8 nitrogen and oxygen atoms in total. The fourth-order valence-electron chi connectivity index (χ4n) is 1.74. The summed E-state index contributed by atoms with van der Waals surface area (Å²) in [6.45, 7) is 2.78. The first-order valence-electron chi connectivity index (χ1n) is 7.10. The van der Waals surface area contributed by atoms with Gasteiger partial charge in [-0.05, 0) is 31.5 Å². The predicted octanol–water partition coefficient (Wildman–Crippen LogP) is 1.23. The van der Waals surface area contributed by atoms with Gasteiger partial charge >= 0.3 is 12.0 Å². The van der Waals surface area contributed by atoms with Gasteiger partial charge in [-0.2, -0.15) is 0 Å². The lowest BCUT2D eigenvalue weighted by Crippen LogP contribution is -2.42. The highest BCUT2D eigenvalue weighted by molar-refractivity contribution is 5.96. The maximum Gasteiger partial charge on any atom is 0.344 e. The van der Waals surface area contributed by atoms with Crippen molar-refractivity contribution in [1.82, 2.24) is 5.32 Å². The fourth-order valence-corrected chi connectivity index (χ4v) is 1.74. The second-order valence-electron chi connectivity index (χ2n) is 4.68. The van der Waals surface area contributed by atoms with E-state index in [1.54, 1.807) is 18.2 Å². The van der Waals surface area contributed by atoms with E-state index in [0.29, 0.717) is 11.5 Å². The van der Waals surface area contributed by atoms with Crippen LogP contribution in [0.25, 0.3) is 6.08 Å². The number of primary amides is 1. The van der Waals surface area contributed by atoms with E-state index in [2.05, 4.69) is 0 Å². The van der Waals surface area contributed by atoms with Gasteiger partial charge in [-0.25, -0.2) is 9.59 Å². The minimum Gasteiger partial charge on any atom is -0.493 e. The minimum absolute atomic E-state index is 0.358. The molecule has 0 aliphatic carbocycles. The van der Waals surface area contributed by atoms with Gasteiger partial charge < -0.3 is 19.9 Å². The molecule has 1 aromatic carbocycles. The molecule has 1 atom stereocenters. The van der Waals surface area contributed by atoms with Crippen LogP contribution in [-0.4, -0.2) is 37.7 Å². The highest BCUT2D eigenvalue weighted by Crippen LogP contribution is 2.28. The van der Waals surface area contributed by atoms with Gasteiger partial charge in [-0.15, -0.1) is 0 Å². The maximum atomic E-state index is 11.7. The molecule has 1 aromatic rings. The number of allylic oxidation sites excluding steroid dienone is 1. The van der Waals surface area contributed by atoms with Crippen LogP contribution in [0.4, 0.5) is 4.79 Å². The summed E-state index contributed by atoms with van der Waals surface area (Å²) in [5, 5.41) is 1.81. The van der Waals surface area contributed by atoms with Gasteiger partial charge in [0.25, 0.3) is 5.91 Å². The van der Waals surface area contributed by atoms with E-state index in [0.717, 1.165) is 5.56 Å². The molecular weight excluding hydrogens is 316 g/mol. The number of rotatable bonds is 7. The molecule has 0 heterocycles. The molecule has 0 saturated carbocycles. The van der Waals surface area contributed by atoms with E-state index in [4.69, 9.17) is 19.9 Å². The van der Waals surface area contributed by atoms with Crippen LogP contribution in [0, 0.1) is 0 Å². The van der Waals surface area contributed by atoms with Crippen LogP contribution in [-0.2, 0) is 14.3 Å². The molecule has 8 heteroatoms. The van der Waals surface area contributed by atoms with Crippen molar-refractivity contribution in [2.45, 2.75) is 20.0 Å². The van der Waals surface area contributed by atoms with Gasteiger partial charge in [-0.3, -0.25) is 10.1 Å². The Balaban J connectivity index is 2.61. The summed E-state index contributed by atoms with van der Waals surface area (Å²) in [4.78, 5) is 33.7. The number of amides is 3. The molecular formula is C16H20N2O6. The standard InChI is InChI=1S/C16H20N2O6/c1-4-5-11-6-7-12(13(8-11)22-3)23-9-14(19)24-10(2)15(20)18-16(17)21/h4-8,10H,9H2,1-3H3,(H3,17,18,20,21)/b5-4+/t10-/m0/s1. The van der Waals surface area contributed by atoms with Crippen LogP contribution in [0.1, 0.15) is 19.4 Å². The first-order chi connectivity index (χ1) is 11.4. The lowest BCUT2D eigenvalue weighted by Gasteiger charge is -2.14. The number of nitrogens with one attached hydrogen (secondary N) is 1. The summed E-state index contributed by atoms with van der Waals surface area (Å²) in [6, 6.07) is 4.19. The zero-order chi connectivity index (χ0) is 18.1. The van der Waals surface area contributed by atoms with Crippen LogP contribution in [0.3, 0.4) is 0 Å². The van der Waals surface area contributed by atoms with Gasteiger partial charge in [-0.1, -0.05) is 18.2 Å². The molecule has 130 valence electrons. The molecule has 0 bridgehead atoms. The number of benzene rings is 1. The highest BCUT2D eigenvalue weighted by atomic mass is 16.6. The molecule has 24 heavy (non-hydrogen) atoms. The molecule has 0 aliphatic rings. The number of hydrogen-bond donors (Lipinski definition) is 2. The molecule has 0 radical (unpaired) electrons. The van der Waals surface area contributed by atoms with Crippen molar-refractivity contribution >= 4 is 24.0 Å². The first-order valence-corrected chi connectivity index (χ1v) is 7.10. The summed E-state index contributed by atoms with van der Waals surface area (Å²) in [5.74, 6) is -0.777. The summed E-state index contributed by atoms with van der Waals surface area (Å²) >= 11 is 0. The van der Waals surface area contributed by atoms with Crippen LogP contribution < -0.4 is 20.5 Å².